The van der Waals surface area contributed by atoms with Gasteiger partial charge in [-0.1, -0.05) is 6.08 Å². The predicted molar refractivity (Wildman–Crippen MR) is 92.9 cm³/mol. The normalized spacial score (nSPS) is 13.5. The Balaban J connectivity index is 2.73. The molecule has 0 aromatic heterocycles. The zero-order valence-corrected chi connectivity index (χ0v) is 15.2. The molecule has 0 amide bonds. The Hall–Kier alpha value is -2.94. The first-order valence-electron chi connectivity index (χ1n) is 7.09. The van der Waals surface area contributed by atoms with Crippen LogP contribution in [0.25, 0.3) is 0 Å². The van der Waals surface area contributed by atoms with Crippen LogP contribution in [0.15, 0.2) is 52.3 Å². The fraction of sp³-hybridized carbons (Fsp3) is 0.118. The van der Waals surface area contributed by atoms with Crippen LogP contribution in [-0.4, -0.2) is 37.2 Å². The third kappa shape index (κ3) is 3.67. The van der Waals surface area contributed by atoms with E-state index in [9.17, 15) is 18.8 Å². The van der Waals surface area contributed by atoms with Gasteiger partial charge in [0, 0.05) is 10.7 Å². The Labute approximate surface area is 156 Å². The first-order valence-corrected chi connectivity index (χ1v) is 7.88. The number of anilines is 1. The molecule has 0 fully saturated rings. The Morgan fingerprint density at radius 2 is 1.77 bits per heavy atom. The Morgan fingerprint density at radius 3 is 2.35 bits per heavy atom. The van der Waals surface area contributed by atoms with E-state index >= 15 is 0 Å². The van der Waals surface area contributed by atoms with Gasteiger partial charge in [0.25, 0.3) is 0 Å². The molecule has 7 nitrogen and oxygen atoms in total. The molecule has 26 heavy (non-hydrogen) atoms. The number of allylic oxidation sites excluding steroid dienone is 2. The van der Waals surface area contributed by atoms with Gasteiger partial charge in [0.05, 0.1) is 31.0 Å². The summed E-state index contributed by atoms with van der Waals surface area (Å²) in [6.45, 7) is 0. The molecular formula is C17H13BrFNO6. The molecule has 0 atom stereocenters. The summed E-state index contributed by atoms with van der Waals surface area (Å²) in [7, 11) is 2.25. The lowest BCUT2D eigenvalue weighted by atomic mass is 10.1. The van der Waals surface area contributed by atoms with Crippen molar-refractivity contribution in [1.29, 1.82) is 0 Å². The highest BCUT2D eigenvalue weighted by Gasteiger charge is 2.29. The van der Waals surface area contributed by atoms with Crippen molar-refractivity contribution in [2.45, 2.75) is 0 Å². The smallest absolute Gasteiger partial charge is 0.355 e. The fourth-order valence-corrected chi connectivity index (χ4v) is 2.74. The highest BCUT2D eigenvalue weighted by atomic mass is 79.9. The number of nitrogens with zero attached hydrogens (tertiary/aromatic N) is 1. The highest BCUT2D eigenvalue weighted by Crippen LogP contribution is 2.32. The predicted octanol–water partition coefficient (Wildman–Crippen LogP) is 2.78. The number of hydrogen-bond donors (Lipinski definition) is 1. The molecule has 0 unspecified atom stereocenters. The van der Waals surface area contributed by atoms with Crippen LogP contribution in [0.4, 0.5) is 10.1 Å². The molecule has 1 aromatic rings. The van der Waals surface area contributed by atoms with Crippen LogP contribution in [0.3, 0.4) is 0 Å². The van der Waals surface area contributed by atoms with Gasteiger partial charge in [-0.05, 0) is 40.2 Å². The van der Waals surface area contributed by atoms with Crippen molar-refractivity contribution in [3.05, 3.63) is 63.7 Å². The van der Waals surface area contributed by atoms with E-state index in [2.05, 4.69) is 20.7 Å². The van der Waals surface area contributed by atoms with Crippen molar-refractivity contribution in [2.24, 2.45) is 0 Å². The molecule has 0 aliphatic carbocycles. The number of carbonyl (C=O) groups excluding carboxylic acids is 2. The molecule has 0 saturated carbocycles. The number of carbonyl (C=O) groups is 3. The summed E-state index contributed by atoms with van der Waals surface area (Å²) < 4.78 is 24.1. The monoisotopic (exact) mass is 425 g/mol. The highest BCUT2D eigenvalue weighted by molar-refractivity contribution is 9.10. The summed E-state index contributed by atoms with van der Waals surface area (Å²) >= 11 is 3.06. The molecule has 0 radical (unpaired) electrons. The SMILES string of the molecule is COC(=O)C1=C(C(=O)OC)N(c2cc(Br)c(C(=O)O)cc2F)C=CC=C1. The number of rotatable bonds is 4. The molecule has 1 aliphatic rings. The molecule has 1 aromatic carbocycles. The van der Waals surface area contributed by atoms with Crippen molar-refractivity contribution in [1.82, 2.24) is 0 Å². The number of esters is 2. The van der Waals surface area contributed by atoms with Gasteiger partial charge < -0.3 is 19.5 Å². The van der Waals surface area contributed by atoms with Gasteiger partial charge in [-0.25, -0.2) is 18.8 Å². The minimum Gasteiger partial charge on any atom is -0.478 e. The van der Waals surface area contributed by atoms with Crippen molar-refractivity contribution >= 4 is 39.5 Å². The standard InChI is InChI=1S/C17H13BrFNO6/c1-25-16(23)9-5-3-4-6-20(14(9)17(24)26-2)13-8-11(18)10(15(21)22)7-12(13)19/h3-8H,1-2H3,(H,21,22). The largest absolute Gasteiger partial charge is 0.478 e. The number of benzene rings is 1. The van der Waals surface area contributed by atoms with E-state index in [1.54, 1.807) is 0 Å². The Kier molecular flexibility index (Phi) is 5.93. The van der Waals surface area contributed by atoms with Gasteiger partial charge in [0.2, 0.25) is 0 Å². The summed E-state index contributed by atoms with van der Waals surface area (Å²) in [5.41, 5.74) is -0.885. The lowest BCUT2D eigenvalue weighted by Gasteiger charge is -2.24. The third-order valence-corrected chi connectivity index (χ3v) is 4.07. The van der Waals surface area contributed by atoms with E-state index in [-0.39, 0.29) is 27.0 Å². The Bertz CT molecular complexity index is 874. The van der Waals surface area contributed by atoms with Crippen molar-refractivity contribution < 1.29 is 33.4 Å². The summed E-state index contributed by atoms with van der Waals surface area (Å²) in [6, 6.07) is 1.99. The Morgan fingerprint density at radius 1 is 1.12 bits per heavy atom. The summed E-state index contributed by atoms with van der Waals surface area (Å²) in [5.74, 6) is -3.96. The van der Waals surface area contributed by atoms with Gasteiger partial charge in [-0.2, -0.15) is 0 Å². The van der Waals surface area contributed by atoms with E-state index in [0.717, 1.165) is 25.2 Å². The second-order valence-electron chi connectivity index (χ2n) is 4.90. The van der Waals surface area contributed by atoms with Crippen LogP contribution in [0, 0.1) is 5.82 Å². The molecule has 1 N–H and O–H groups in total. The van der Waals surface area contributed by atoms with Crippen molar-refractivity contribution in [3.63, 3.8) is 0 Å². The number of ether oxygens (including phenoxy) is 2. The molecule has 1 heterocycles. The van der Waals surface area contributed by atoms with Gasteiger partial charge in [-0.15, -0.1) is 0 Å². The molecule has 0 spiro atoms. The minimum atomic E-state index is -1.32. The number of halogens is 2. The average molecular weight is 426 g/mol. The molecule has 0 saturated heterocycles. The maximum atomic E-state index is 14.6. The van der Waals surface area contributed by atoms with E-state index in [1.165, 1.54) is 30.5 Å². The molecule has 0 bridgehead atoms. The lowest BCUT2D eigenvalue weighted by molar-refractivity contribution is -0.139. The lowest BCUT2D eigenvalue weighted by Crippen LogP contribution is -2.27. The maximum absolute atomic E-state index is 14.6. The molecule has 136 valence electrons. The summed E-state index contributed by atoms with van der Waals surface area (Å²) in [4.78, 5) is 36.6. The van der Waals surface area contributed by atoms with Crippen LogP contribution in [0.5, 0.6) is 0 Å². The fourth-order valence-electron chi connectivity index (χ4n) is 2.24. The zero-order chi connectivity index (χ0) is 19.4. The average Bonchev–Trinajstić information content (AvgIpc) is 2.84. The number of aromatic carboxylic acids is 1. The molecule has 2 rings (SSSR count). The van der Waals surface area contributed by atoms with Gasteiger partial charge in [0.1, 0.15) is 11.5 Å². The van der Waals surface area contributed by atoms with E-state index in [4.69, 9.17) is 9.84 Å². The minimum absolute atomic E-state index is 0.0934. The van der Waals surface area contributed by atoms with Crippen molar-refractivity contribution in [3.8, 4) is 0 Å². The van der Waals surface area contributed by atoms with E-state index in [0.29, 0.717) is 0 Å². The maximum Gasteiger partial charge on any atom is 0.355 e. The molecule has 1 aliphatic heterocycles. The van der Waals surface area contributed by atoms with Crippen molar-refractivity contribution in [2.75, 3.05) is 19.1 Å². The van der Waals surface area contributed by atoms with Crippen LogP contribution in [-0.2, 0) is 19.1 Å². The van der Waals surface area contributed by atoms with Crippen LogP contribution < -0.4 is 4.90 Å². The number of hydrogen-bond acceptors (Lipinski definition) is 6. The number of methoxy groups -OCH3 is 2. The topological polar surface area (TPSA) is 93.1 Å². The van der Waals surface area contributed by atoms with E-state index in [1.807, 2.05) is 0 Å². The van der Waals surface area contributed by atoms with Gasteiger partial charge >= 0.3 is 17.9 Å². The van der Waals surface area contributed by atoms with Crippen LogP contribution in [0.2, 0.25) is 0 Å². The summed E-state index contributed by atoms with van der Waals surface area (Å²) in [6.07, 6.45) is 5.60. The number of carboxylic acids is 1. The second-order valence-corrected chi connectivity index (χ2v) is 5.76. The number of carboxylic acid groups (broad SMARTS) is 1. The molecule has 9 heteroatoms. The first kappa shape index (κ1) is 19.4. The van der Waals surface area contributed by atoms with Gasteiger partial charge in [-0.3, -0.25) is 0 Å². The zero-order valence-electron chi connectivity index (χ0n) is 13.7. The van der Waals surface area contributed by atoms with E-state index < -0.39 is 23.7 Å². The quantitative estimate of drug-likeness (QED) is 0.741. The molecular weight excluding hydrogens is 413 g/mol. The van der Waals surface area contributed by atoms with Crippen LogP contribution in [0.1, 0.15) is 10.4 Å². The van der Waals surface area contributed by atoms with Crippen LogP contribution >= 0.6 is 15.9 Å². The third-order valence-electron chi connectivity index (χ3n) is 3.42. The first-order chi connectivity index (χ1) is 12.3. The second kappa shape index (κ2) is 7.96. The summed E-state index contributed by atoms with van der Waals surface area (Å²) in [5, 5.41) is 9.08. The van der Waals surface area contributed by atoms with Gasteiger partial charge in [0.15, 0.2) is 0 Å².